The van der Waals surface area contributed by atoms with E-state index in [0.717, 1.165) is 29.9 Å². The first-order valence-corrected chi connectivity index (χ1v) is 11.5. The van der Waals surface area contributed by atoms with Crippen LogP contribution in [0.4, 0.5) is 5.69 Å². The number of carbonyl (C=O) groups excluding carboxylic acids is 2. The average Bonchev–Trinajstić information content (AvgIpc) is 3.37. The third-order valence-corrected chi connectivity index (χ3v) is 6.07. The molecule has 2 aromatic heterocycles. The van der Waals surface area contributed by atoms with E-state index in [-0.39, 0.29) is 11.1 Å². The fraction of sp³-hybridized carbons (Fsp3) is 0.160. The van der Waals surface area contributed by atoms with Crippen LogP contribution in [-0.4, -0.2) is 24.9 Å². The molecule has 4 aromatic rings. The predicted octanol–water partition coefficient (Wildman–Crippen LogP) is 4.35. The van der Waals surface area contributed by atoms with Gasteiger partial charge in [-0.05, 0) is 72.1 Å². The Balaban J connectivity index is 1.65. The van der Waals surface area contributed by atoms with E-state index in [1.807, 2.05) is 47.2 Å². The molecule has 2 heterocycles. The highest BCUT2D eigenvalue weighted by atomic mass is 32.1. The van der Waals surface area contributed by atoms with Crippen molar-refractivity contribution in [3.63, 3.8) is 0 Å². The second kappa shape index (κ2) is 9.70. The number of hydrogen-bond donors (Lipinski definition) is 2. The highest BCUT2D eigenvalue weighted by Gasteiger charge is 2.12. The summed E-state index contributed by atoms with van der Waals surface area (Å²) in [7, 11) is 0. The molecule has 0 radical (unpaired) electrons. The van der Waals surface area contributed by atoms with E-state index in [0.29, 0.717) is 16.5 Å². The Labute approximate surface area is 195 Å². The van der Waals surface area contributed by atoms with E-state index in [9.17, 15) is 9.59 Å². The van der Waals surface area contributed by atoms with Gasteiger partial charge < -0.3 is 15.1 Å². The summed E-state index contributed by atoms with van der Waals surface area (Å²) in [5.74, 6) is -1.11. The normalized spacial score (nSPS) is 11.5. The lowest BCUT2D eigenvalue weighted by molar-refractivity contribution is 0.0946. The van der Waals surface area contributed by atoms with E-state index in [1.54, 1.807) is 29.5 Å². The molecule has 4 rings (SSSR count). The Bertz CT molecular complexity index is 1350. The van der Waals surface area contributed by atoms with E-state index in [2.05, 4.69) is 29.3 Å². The average molecular weight is 461 g/mol. The van der Waals surface area contributed by atoms with Gasteiger partial charge in [0.25, 0.3) is 11.8 Å². The lowest BCUT2D eigenvalue weighted by atomic mass is 10.1. The SMILES string of the molecule is CCN(CC)c1ccc2cc(C(N)=O)c(=NNC(=O)c3ccc(-c4ccsc4)cc3)oc2c1. The van der Waals surface area contributed by atoms with Gasteiger partial charge in [0.1, 0.15) is 11.1 Å². The lowest BCUT2D eigenvalue weighted by Gasteiger charge is -2.21. The van der Waals surface area contributed by atoms with Gasteiger partial charge in [-0.25, -0.2) is 5.43 Å². The van der Waals surface area contributed by atoms with Gasteiger partial charge in [0.15, 0.2) is 0 Å². The summed E-state index contributed by atoms with van der Waals surface area (Å²) in [6.07, 6.45) is 0. The fourth-order valence-electron chi connectivity index (χ4n) is 3.56. The first-order valence-electron chi connectivity index (χ1n) is 10.6. The summed E-state index contributed by atoms with van der Waals surface area (Å²) in [5.41, 5.74) is 12.1. The van der Waals surface area contributed by atoms with Gasteiger partial charge in [-0.3, -0.25) is 9.59 Å². The van der Waals surface area contributed by atoms with Gasteiger partial charge in [0, 0.05) is 35.8 Å². The van der Waals surface area contributed by atoms with Crippen LogP contribution in [0.2, 0.25) is 0 Å². The second-order valence-electron chi connectivity index (χ2n) is 7.37. The van der Waals surface area contributed by atoms with Crippen LogP contribution in [-0.2, 0) is 0 Å². The van der Waals surface area contributed by atoms with Gasteiger partial charge in [-0.2, -0.15) is 11.3 Å². The van der Waals surface area contributed by atoms with Crippen molar-refractivity contribution in [2.75, 3.05) is 18.0 Å². The molecule has 3 N–H and O–H groups in total. The number of nitrogens with zero attached hydrogens (tertiary/aromatic N) is 2. The lowest BCUT2D eigenvalue weighted by Crippen LogP contribution is -2.27. The van der Waals surface area contributed by atoms with Crippen molar-refractivity contribution in [1.29, 1.82) is 0 Å². The summed E-state index contributed by atoms with van der Waals surface area (Å²) >= 11 is 1.61. The Kier molecular flexibility index (Phi) is 6.55. The monoisotopic (exact) mass is 460 g/mol. The molecule has 0 bridgehead atoms. The summed E-state index contributed by atoms with van der Waals surface area (Å²) in [6, 6.07) is 16.6. The van der Waals surface area contributed by atoms with Crippen molar-refractivity contribution >= 4 is 39.8 Å². The zero-order chi connectivity index (χ0) is 23.4. The third kappa shape index (κ3) is 4.80. The predicted molar refractivity (Wildman–Crippen MR) is 131 cm³/mol. The van der Waals surface area contributed by atoms with Gasteiger partial charge in [0.2, 0.25) is 5.55 Å². The third-order valence-electron chi connectivity index (χ3n) is 5.39. The highest BCUT2D eigenvalue weighted by Crippen LogP contribution is 2.23. The van der Waals surface area contributed by atoms with Crippen molar-refractivity contribution in [2.45, 2.75) is 13.8 Å². The van der Waals surface area contributed by atoms with Crippen molar-refractivity contribution in [1.82, 2.24) is 5.43 Å². The molecule has 2 amide bonds. The molecule has 0 saturated heterocycles. The number of fused-ring (bicyclic) bond motifs is 1. The maximum atomic E-state index is 12.6. The summed E-state index contributed by atoms with van der Waals surface area (Å²) < 4.78 is 5.88. The van der Waals surface area contributed by atoms with E-state index in [1.165, 1.54) is 0 Å². The number of primary amides is 1. The minimum Gasteiger partial charge on any atom is -0.436 e. The zero-order valence-corrected chi connectivity index (χ0v) is 19.2. The molecule has 168 valence electrons. The number of anilines is 1. The van der Waals surface area contributed by atoms with E-state index in [4.69, 9.17) is 10.2 Å². The number of nitrogens with two attached hydrogens (primary N) is 1. The number of amides is 2. The summed E-state index contributed by atoms with van der Waals surface area (Å²) in [6.45, 7) is 5.84. The molecule has 0 aliphatic heterocycles. The van der Waals surface area contributed by atoms with Crippen LogP contribution in [0.25, 0.3) is 22.1 Å². The molecule has 8 heteroatoms. The van der Waals surface area contributed by atoms with Crippen molar-refractivity contribution in [3.8, 4) is 11.1 Å². The molecular formula is C25H24N4O3S. The van der Waals surface area contributed by atoms with Crippen LogP contribution in [0.5, 0.6) is 0 Å². The Morgan fingerprint density at radius 2 is 1.79 bits per heavy atom. The van der Waals surface area contributed by atoms with Crippen LogP contribution < -0.4 is 21.6 Å². The Morgan fingerprint density at radius 3 is 2.42 bits per heavy atom. The first kappa shape index (κ1) is 22.3. The quantitative estimate of drug-likeness (QED) is 0.400. The summed E-state index contributed by atoms with van der Waals surface area (Å²) in [5, 5.41) is 8.83. The van der Waals surface area contributed by atoms with Crippen LogP contribution in [0.3, 0.4) is 0 Å². The Morgan fingerprint density at radius 1 is 1.03 bits per heavy atom. The van der Waals surface area contributed by atoms with Crippen molar-refractivity contribution in [2.24, 2.45) is 10.8 Å². The maximum Gasteiger partial charge on any atom is 0.271 e. The van der Waals surface area contributed by atoms with Gasteiger partial charge in [-0.15, -0.1) is 5.10 Å². The molecule has 0 aliphatic rings. The van der Waals surface area contributed by atoms with Crippen LogP contribution in [0.1, 0.15) is 34.6 Å². The summed E-state index contributed by atoms with van der Waals surface area (Å²) in [4.78, 5) is 26.8. The number of carbonyl (C=O) groups is 2. The molecule has 0 atom stereocenters. The number of benzene rings is 2. The molecular weight excluding hydrogens is 436 g/mol. The van der Waals surface area contributed by atoms with Gasteiger partial charge in [-0.1, -0.05) is 12.1 Å². The van der Waals surface area contributed by atoms with Crippen molar-refractivity contribution in [3.05, 3.63) is 82.0 Å². The van der Waals surface area contributed by atoms with Gasteiger partial charge in [0.05, 0.1) is 0 Å². The molecule has 2 aromatic carbocycles. The van der Waals surface area contributed by atoms with Crippen LogP contribution in [0, 0.1) is 0 Å². The van der Waals surface area contributed by atoms with Crippen molar-refractivity contribution < 1.29 is 14.0 Å². The van der Waals surface area contributed by atoms with Crippen LogP contribution in [0.15, 0.2) is 74.9 Å². The zero-order valence-electron chi connectivity index (χ0n) is 18.4. The number of thiophene rings is 1. The molecule has 7 nitrogen and oxygen atoms in total. The number of nitrogens with one attached hydrogen (secondary N) is 1. The van der Waals surface area contributed by atoms with E-state index < -0.39 is 11.8 Å². The minimum atomic E-state index is -0.693. The maximum absolute atomic E-state index is 12.6. The molecule has 33 heavy (non-hydrogen) atoms. The van der Waals surface area contributed by atoms with Gasteiger partial charge >= 0.3 is 0 Å². The van der Waals surface area contributed by atoms with Crippen LogP contribution >= 0.6 is 11.3 Å². The number of hydrogen-bond acceptors (Lipinski definition) is 6. The Hall–Kier alpha value is -3.91. The topological polar surface area (TPSA) is 101 Å². The molecule has 0 unspecified atom stereocenters. The first-order chi connectivity index (χ1) is 16.0. The standard InChI is InChI=1S/C25H24N4O3S/c1-3-29(4-2)20-10-9-18-13-21(23(26)30)25(32-22(18)14-20)28-27-24(31)17-7-5-16(6-8-17)19-11-12-33-15-19/h5-15H,3-4H2,1-2H3,(H2,26,30)(H,27,31). The molecule has 0 saturated carbocycles. The fourth-order valence-corrected chi connectivity index (χ4v) is 4.23. The smallest absolute Gasteiger partial charge is 0.271 e. The molecule has 0 spiro atoms. The largest absolute Gasteiger partial charge is 0.436 e. The minimum absolute atomic E-state index is 0.0464. The highest BCUT2D eigenvalue weighted by molar-refractivity contribution is 7.08. The van der Waals surface area contributed by atoms with E-state index >= 15 is 0 Å². The second-order valence-corrected chi connectivity index (χ2v) is 8.15. The molecule has 0 aliphatic carbocycles. The molecule has 0 fully saturated rings. The number of rotatable bonds is 7.